The molecule has 25 heteroatoms. The molecule has 1 aliphatic rings. The Labute approximate surface area is 368 Å². The van der Waals surface area contributed by atoms with Gasteiger partial charge in [0.1, 0.15) is 36.3 Å². The molecule has 0 unspecified atom stereocenters. The molecule has 1 aromatic rings. The third-order valence-electron chi connectivity index (χ3n) is 10.1. The maximum absolute atomic E-state index is 14.1. The number of imidazole rings is 1. The van der Waals surface area contributed by atoms with E-state index < -0.39 is 139 Å². The standard InChI is InChI=1S/C39H62N12O13/c1-19(2)14-26(46-30(54)17-44-34(58)23(7-10-28(41)52)47-33(57)22(40)15-21-16-43-18-45-21)38(62)51-13-5-6-27(51)37(61)49-24(8-11-29(42)53)35(59)48-25(9-12-31(55)56)36(60)50-32(20(3)4)39(63)64/h16,18-20,22-27,32H,5-15,17,40H2,1-4H3,(H2,41,52)(H2,42,53)(H,43,45)(H,44,58)(H,46,54)(H,47,57)(H,48,59)(H,49,61)(H,50,60)(H,55,56)(H,63,64)/t22-,23-,24-,25-,26-,27-,32-/m0/s1. The third kappa shape index (κ3) is 18.4. The maximum atomic E-state index is 14.1. The SMILES string of the molecule is CC(C)C[C@H](NC(=O)CNC(=O)[C@H](CCC(N)=O)NC(=O)[C@@H](N)Cc1cnc[nH]1)C(=O)N1CCC[C@H]1C(=O)N[C@@H](CCC(N)=O)C(=O)N[C@@H](CCC(=O)O)C(=O)N[C@H](C(=O)O)C(C)C. The molecular formula is C39H62N12O13. The van der Waals surface area contributed by atoms with Gasteiger partial charge >= 0.3 is 11.9 Å². The summed E-state index contributed by atoms with van der Waals surface area (Å²) in [5, 5.41) is 33.4. The second kappa shape index (κ2) is 26.1. The van der Waals surface area contributed by atoms with E-state index >= 15 is 0 Å². The molecule has 0 spiro atoms. The smallest absolute Gasteiger partial charge is 0.326 e. The summed E-state index contributed by atoms with van der Waals surface area (Å²) in [7, 11) is 0. The summed E-state index contributed by atoms with van der Waals surface area (Å²) in [6.07, 6.45) is 1.14. The van der Waals surface area contributed by atoms with Crippen LogP contribution in [-0.4, -0.2) is 146 Å². The summed E-state index contributed by atoms with van der Waals surface area (Å²) in [4.78, 5) is 148. The van der Waals surface area contributed by atoms with E-state index in [-0.39, 0.29) is 51.0 Å². The van der Waals surface area contributed by atoms with Gasteiger partial charge in [-0.05, 0) is 50.4 Å². The summed E-state index contributed by atoms with van der Waals surface area (Å²) in [6, 6.07) is -9.27. The number of likely N-dealkylation sites (tertiary alicyclic amines) is 1. The van der Waals surface area contributed by atoms with Crippen molar-refractivity contribution in [1.29, 1.82) is 0 Å². The molecule has 0 radical (unpaired) electrons. The van der Waals surface area contributed by atoms with Crippen molar-refractivity contribution in [3.05, 3.63) is 18.2 Å². The number of aromatic amines is 1. The number of amides is 9. The average molecular weight is 907 g/mol. The van der Waals surface area contributed by atoms with E-state index in [4.69, 9.17) is 17.2 Å². The number of primary amides is 2. The first kappa shape index (κ1) is 53.5. The number of H-pyrrole nitrogens is 1. The van der Waals surface area contributed by atoms with Gasteiger partial charge in [0.2, 0.25) is 53.2 Å². The normalized spacial score (nSPS) is 16.3. The lowest BCUT2D eigenvalue weighted by Crippen LogP contribution is -2.59. The van der Waals surface area contributed by atoms with Gasteiger partial charge in [-0.25, -0.2) is 9.78 Å². The van der Waals surface area contributed by atoms with E-state index in [9.17, 15) is 63.0 Å². The van der Waals surface area contributed by atoms with E-state index in [1.165, 1.54) is 31.3 Å². The molecular weight excluding hydrogens is 844 g/mol. The van der Waals surface area contributed by atoms with Gasteiger partial charge in [0.05, 0.1) is 18.9 Å². The number of aliphatic carboxylic acids is 2. The Morgan fingerprint density at radius 3 is 1.86 bits per heavy atom. The molecule has 2 heterocycles. The first-order valence-corrected chi connectivity index (χ1v) is 20.8. The van der Waals surface area contributed by atoms with Crippen LogP contribution in [0.1, 0.15) is 91.2 Å². The number of hydrogen-bond acceptors (Lipinski definition) is 13. The number of carbonyl (C=O) groups is 11. The molecule has 0 aliphatic carbocycles. The van der Waals surface area contributed by atoms with E-state index in [2.05, 4.69) is 41.9 Å². The van der Waals surface area contributed by atoms with Crippen molar-refractivity contribution in [3.63, 3.8) is 0 Å². The number of nitrogens with one attached hydrogen (secondary N) is 7. The zero-order chi connectivity index (χ0) is 48.3. The van der Waals surface area contributed by atoms with Crippen LogP contribution < -0.4 is 49.1 Å². The predicted octanol–water partition coefficient (Wildman–Crippen LogP) is -4.01. The van der Waals surface area contributed by atoms with Crippen LogP contribution in [-0.2, 0) is 59.2 Å². The minimum Gasteiger partial charge on any atom is -0.481 e. The van der Waals surface area contributed by atoms with Crippen molar-refractivity contribution in [2.75, 3.05) is 13.1 Å². The number of carboxylic acid groups (broad SMARTS) is 2. The minimum absolute atomic E-state index is 0.0572. The second-order valence-corrected chi connectivity index (χ2v) is 16.2. The molecule has 1 fully saturated rings. The Bertz CT molecular complexity index is 1840. The van der Waals surface area contributed by atoms with Crippen LogP contribution in [0.3, 0.4) is 0 Å². The maximum Gasteiger partial charge on any atom is 0.326 e. The average Bonchev–Trinajstić information content (AvgIpc) is 3.92. The molecule has 0 saturated carbocycles. The van der Waals surface area contributed by atoms with Gasteiger partial charge in [0, 0.05) is 44.1 Å². The quantitative estimate of drug-likeness (QED) is 0.0381. The highest BCUT2D eigenvalue weighted by molar-refractivity contribution is 5.97. The van der Waals surface area contributed by atoms with Crippen molar-refractivity contribution in [2.45, 2.75) is 134 Å². The monoisotopic (exact) mass is 906 g/mol. The molecule has 15 N–H and O–H groups in total. The number of hydrogen-bond donors (Lipinski definition) is 12. The summed E-state index contributed by atoms with van der Waals surface area (Å²) in [5.41, 5.74) is 17.1. The van der Waals surface area contributed by atoms with Crippen LogP contribution >= 0.6 is 0 Å². The molecule has 0 aromatic carbocycles. The molecule has 2 rings (SSSR count). The fourth-order valence-electron chi connectivity index (χ4n) is 6.69. The van der Waals surface area contributed by atoms with Gasteiger partial charge in [-0.15, -0.1) is 0 Å². The molecule has 1 saturated heterocycles. The molecule has 356 valence electrons. The zero-order valence-electron chi connectivity index (χ0n) is 36.3. The van der Waals surface area contributed by atoms with Gasteiger partial charge in [-0.3, -0.25) is 47.9 Å². The fraction of sp³-hybridized carbons (Fsp3) is 0.641. The van der Waals surface area contributed by atoms with Crippen LogP contribution in [0.5, 0.6) is 0 Å². The lowest BCUT2D eigenvalue weighted by atomic mass is 10.0. The highest BCUT2D eigenvalue weighted by atomic mass is 16.4. The van der Waals surface area contributed by atoms with Gasteiger partial charge in [-0.1, -0.05) is 27.7 Å². The van der Waals surface area contributed by atoms with Gasteiger partial charge in [-0.2, -0.15) is 0 Å². The largest absolute Gasteiger partial charge is 0.481 e. The van der Waals surface area contributed by atoms with E-state index in [0.29, 0.717) is 12.1 Å². The predicted molar refractivity (Wildman–Crippen MR) is 223 cm³/mol. The van der Waals surface area contributed by atoms with Crippen molar-refractivity contribution in [2.24, 2.45) is 29.0 Å². The van der Waals surface area contributed by atoms with Gasteiger partial charge < -0.3 is 69.2 Å². The lowest BCUT2D eigenvalue weighted by Gasteiger charge is -2.31. The van der Waals surface area contributed by atoms with Crippen molar-refractivity contribution < 1.29 is 63.0 Å². The molecule has 0 bridgehead atoms. The summed E-state index contributed by atoms with van der Waals surface area (Å²) in [5.74, 6) is -10.9. The Balaban J connectivity index is 2.21. The minimum atomic E-state index is -1.57. The molecule has 9 amide bonds. The van der Waals surface area contributed by atoms with Crippen LogP contribution in [0.25, 0.3) is 0 Å². The highest BCUT2D eigenvalue weighted by Crippen LogP contribution is 2.21. The van der Waals surface area contributed by atoms with E-state index in [1.807, 2.05) is 0 Å². The van der Waals surface area contributed by atoms with E-state index in [0.717, 1.165) is 0 Å². The Kier molecular flexibility index (Phi) is 21.8. The Morgan fingerprint density at radius 1 is 0.766 bits per heavy atom. The zero-order valence-corrected chi connectivity index (χ0v) is 36.3. The number of rotatable bonds is 28. The number of nitrogens with zero attached hydrogens (tertiary/aromatic N) is 2. The summed E-state index contributed by atoms with van der Waals surface area (Å²) in [6.45, 7) is 6.01. The number of aromatic nitrogens is 2. The Hall–Kier alpha value is -6.66. The topological polar surface area (TPSA) is 410 Å². The lowest BCUT2D eigenvalue weighted by molar-refractivity contribution is -0.144. The van der Waals surface area contributed by atoms with Crippen LogP contribution in [0.15, 0.2) is 12.5 Å². The van der Waals surface area contributed by atoms with Crippen LogP contribution in [0.2, 0.25) is 0 Å². The number of carboxylic acids is 2. The van der Waals surface area contributed by atoms with Gasteiger partial charge in [0.25, 0.3) is 0 Å². The molecule has 1 aromatic heterocycles. The highest BCUT2D eigenvalue weighted by Gasteiger charge is 2.40. The first-order valence-electron chi connectivity index (χ1n) is 20.8. The molecule has 1 aliphatic heterocycles. The van der Waals surface area contributed by atoms with Crippen molar-refractivity contribution >= 4 is 65.1 Å². The van der Waals surface area contributed by atoms with E-state index in [1.54, 1.807) is 13.8 Å². The molecule has 25 nitrogen and oxygen atoms in total. The second-order valence-electron chi connectivity index (χ2n) is 16.2. The summed E-state index contributed by atoms with van der Waals surface area (Å²) >= 11 is 0. The van der Waals surface area contributed by atoms with Crippen LogP contribution in [0, 0.1) is 11.8 Å². The molecule has 7 atom stereocenters. The van der Waals surface area contributed by atoms with Crippen LogP contribution in [0.4, 0.5) is 0 Å². The first-order chi connectivity index (χ1) is 30.0. The summed E-state index contributed by atoms with van der Waals surface area (Å²) < 4.78 is 0. The third-order valence-corrected chi connectivity index (χ3v) is 10.1. The van der Waals surface area contributed by atoms with Crippen molar-refractivity contribution in [1.82, 2.24) is 46.8 Å². The van der Waals surface area contributed by atoms with Crippen molar-refractivity contribution in [3.8, 4) is 0 Å². The van der Waals surface area contributed by atoms with Gasteiger partial charge in [0.15, 0.2) is 0 Å². The fourth-order valence-corrected chi connectivity index (χ4v) is 6.69. The number of carbonyl (C=O) groups excluding carboxylic acids is 9. The number of nitrogens with two attached hydrogens (primary N) is 3. The Morgan fingerprint density at radius 2 is 1.33 bits per heavy atom. The molecule has 64 heavy (non-hydrogen) atoms.